The molecule has 0 N–H and O–H groups in total. The molecule has 1 rings (SSSR count). The molecule has 0 aromatic heterocycles. The first kappa shape index (κ1) is 6.31. The minimum absolute atomic E-state index is 0.553. The van der Waals surface area contributed by atoms with Crippen LogP contribution in [0.2, 0.25) is 0 Å². The van der Waals surface area contributed by atoms with Crippen LogP contribution in [-0.2, 0) is 0 Å². The Bertz CT molecular complexity index is 249. The van der Waals surface area contributed by atoms with Crippen molar-refractivity contribution in [1.29, 1.82) is 5.26 Å². The lowest BCUT2D eigenvalue weighted by Crippen LogP contribution is -1.73. The van der Waals surface area contributed by atoms with E-state index in [0.717, 1.165) is 4.47 Å². The van der Waals surface area contributed by atoms with Gasteiger partial charge in [-0.2, -0.15) is 5.26 Å². The van der Waals surface area contributed by atoms with Crippen LogP contribution >= 0.6 is 15.9 Å². The Morgan fingerprint density at radius 1 is 1.67 bits per heavy atom. The van der Waals surface area contributed by atoms with Gasteiger partial charge in [0.15, 0.2) is 0 Å². The highest BCUT2D eigenvalue weighted by Gasteiger charge is 1.92. The molecule has 0 saturated carbocycles. The van der Waals surface area contributed by atoms with Crippen molar-refractivity contribution in [2.45, 2.75) is 0 Å². The van der Waals surface area contributed by atoms with Gasteiger partial charge in [0.2, 0.25) is 0 Å². The molecular weight excluding hydrogens is 178 g/mol. The molecule has 0 saturated heterocycles. The highest BCUT2D eigenvalue weighted by atomic mass is 79.9. The summed E-state index contributed by atoms with van der Waals surface area (Å²) >= 11 is 3.20. The first-order valence-electron chi connectivity index (χ1n) is 2.41. The average molecular weight is 181 g/mol. The second-order valence-corrected chi connectivity index (χ2v) is 2.36. The molecule has 0 heterocycles. The van der Waals surface area contributed by atoms with Gasteiger partial charge in [0, 0.05) is 10.5 Å². The van der Waals surface area contributed by atoms with E-state index in [1.54, 1.807) is 6.07 Å². The van der Waals surface area contributed by atoms with Gasteiger partial charge in [0.25, 0.3) is 0 Å². The molecule has 0 spiro atoms. The molecule has 2 heteroatoms. The number of nitrogens with zero attached hydrogens (tertiary/aromatic N) is 1. The fourth-order valence-corrected chi connectivity index (χ4v) is 0.858. The van der Waals surface area contributed by atoms with Crippen LogP contribution in [0.4, 0.5) is 0 Å². The predicted molar refractivity (Wildman–Crippen MR) is 37.7 cm³/mol. The molecule has 43 valence electrons. The molecule has 0 atom stereocenters. The van der Waals surface area contributed by atoms with Gasteiger partial charge in [-0.05, 0) is 22.0 Å². The lowest BCUT2D eigenvalue weighted by Gasteiger charge is -1.88. The van der Waals surface area contributed by atoms with Crippen molar-refractivity contribution in [3.05, 3.63) is 34.3 Å². The van der Waals surface area contributed by atoms with E-state index < -0.39 is 0 Å². The van der Waals surface area contributed by atoms with E-state index >= 15 is 0 Å². The molecule has 0 bridgehead atoms. The van der Waals surface area contributed by atoms with Crippen molar-refractivity contribution >= 4 is 15.9 Å². The van der Waals surface area contributed by atoms with E-state index in [2.05, 4.69) is 22.0 Å². The lowest BCUT2D eigenvalue weighted by atomic mass is 10.2. The zero-order chi connectivity index (χ0) is 6.69. The Morgan fingerprint density at radius 2 is 2.44 bits per heavy atom. The van der Waals surface area contributed by atoms with Crippen LogP contribution in [0.5, 0.6) is 0 Å². The van der Waals surface area contributed by atoms with Crippen molar-refractivity contribution < 1.29 is 0 Å². The molecule has 1 nitrogen and oxygen atoms in total. The number of halogens is 1. The first-order chi connectivity index (χ1) is 4.34. The summed E-state index contributed by atoms with van der Waals surface area (Å²) < 4.78 is 0.799. The Balaban J connectivity index is 3.20. The summed E-state index contributed by atoms with van der Waals surface area (Å²) in [6.45, 7) is 0. The Kier molecular flexibility index (Phi) is 1.86. The van der Waals surface area contributed by atoms with Gasteiger partial charge in [-0.3, -0.25) is 0 Å². The predicted octanol–water partition coefficient (Wildman–Crippen LogP) is 2.12. The molecule has 0 unspecified atom stereocenters. The van der Waals surface area contributed by atoms with Crippen molar-refractivity contribution in [1.82, 2.24) is 0 Å². The van der Waals surface area contributed by atoms with E-state index in [0.29, 0.717) is 5.56 Å². The van der Waals surface area contributed by atoms with Crippen molar-refractivity contribution in [3.63, 3.8) is 0 Å². The van der Waals surface area contributed by atoms with Crippen LogP contribution in [0.3, 0.4) is 0 Å². The monoisotopic (exact) mass is 180 g/mol. The van der Waals surface area contributed by atoms with E-state index in [1.165, 1.54) is 0 Å². The van der Waals surface area contributed by atoms with Gasteiger partial charge >= 0.3 is 0 Å². The topological polar surface area (TPSA) is 23.8 Å². The first-order valence-corrected chi connectivity index (χ1v) is 3.20. The van der Waals surface area contributed by atoms with Crippen LogP contribution in [0.25, 0.3) is 0 Å². The normalized spacial score (nSPS) is 8.44. The summed E-state index contributed by atoms with van der Waals surface area (Å²) in [4.78, 5) is 0. The Morgan fingerprint density at radius 3 is 2.89 bits per heavy atom. The summed E-state index contributed by atoms with van der Waals surface area (Å²) in [5.41, 5.74) is 0.553. The maximum atomic E-state index is 8.41. The summed E-state index contributed by atoms with van der Waals surface area (Å²) in [5, 5.41) is 8.41. The standard InChI is InChI=1S/C7H3BrN/c8-7-4-2-1-3-6(7)5-9/h1-2,4H. The van der Waals surface area contributed by atoms with Crippen molar-refractivity contribution in [2.75, 3.05) is 0 Å². The molecule has 0 aliphatic rings. The summed E-state index contributed by atoms with van der Waals surface area (Å²) in [5.74, 6) is 0. The molecule has 0 aliphatic carbocycles. The fourth-order valence-electron chi connectivity index (χ4n) is 0.502. The van der Waals surface area contributed by atoms with Gasteiger partial charge in [0.1, 0.15) is 6.07 Å². The lowest BCUT2D eigenvalue weighted by molar-refractivity contribution is 1.46. The third-order valence-electron chi connectivity index (χ3n) is 0.917. The highest BCUT2D eigenvalue weighted by molar-refractivity contribution is 9.10. The number of benzene rings is 1. The van der Waals surface area contributed by atoms with Gasteiger partial charge in [0.05, 0.1) is 5.56 Å². The number of rotatable bonds is 0. The average Bonchev–Trinajstić information content (AvgIpc) is 1.89. The third-order valence-corrected chi connectivity index (χ3v) is 1.58. The molecule has 1 aromatic carbocycles. The minimum Gasteiger partial charge on any atom is -0.192 e. The van der Waals surface area contributed by atoms with Gasteiger partial charge < -0.3 is 0 Å². The van der Waals surface area contributed by atoms with Crippen LogP contribution in [0.1, 0.15) is 5.56 Å². The molecule has 9 heavy (non-hydrogen) atoms. The van der Waals surface area contributed by atoms with Crippen LogP contribution in [-0.4, -0.2) is 0 Å². The molecule has 1 aromatic rings. The second kappa shape index (κ2) is 2.65. The Labute approximate surface area is 62.1 Å². The van der Waals surface area contributed by atoms with Crippen LogP contribution in [0.15, 0.2) is 22.7 Å². The number of nitriles is 1. The van der Waals surface area contributed by atoms with E-state index in [9.17, 15) is 0 Å². The van der Waals surface area contributed by atoms with E-state index in [1.807, 2.05) is 18.2 Å². The molecule has 1 radical (unpaired) electrons. The van der Waals surface area contributed by atoms with Crippen molar-refractivity contribution in [2.24, 2.45) is 0 Å². The highest BCUT2D eigenvalue weighted by Crippen LogP contribution is 2.12. The van der Waals surface area contributed by atoms with Crippen LogP contribution in [0, 0.1) is 17.4 Å². The van der Waals surface area contributed by atoms with Crippen LogP contribution < -0.4 is 0 Å². The largest absolute Gasteiger partial charge is 0.192 e. The van der Waals surface area contributed by atoms with E-state index in [-0.39, 0.29) is 0 Å². The summed E-state index contributed by atoms with van der Waals surface area (Å²) in [7, 11) is 0. The minimum atomic E-state index is 0.553. The maximum Gasteiger partial charge on any atom is 0.101 e. The summed E-state index contributed by atoms with van der Waals surface area (Å²) in [6.07, 6.45) is 0. The zero-order valence-corrected chi connectivity index (χ0v) is 6.14. The molecular formula is C7H3BrN. The van der Waals surface area contributed by atoms with Gasteiger partial charge in [-0.25, -0.2) is 0 Å². The second-order valence-electron chi connectivity index (χ2n) is 1.50. The SMILES string of the molecule is N#Cc1[c]cccc1Br. The van der Waals surface area contributed by atoms with E-state index in [4.69, 9.17) is 5.26 Å². The number of hydrogen-bond acceptors (Lipinski definition) is 1. The third kappa shape index (κ3) is 1.30. The van der Waals surface area contributed by atoms with Gasteiger partial charge in [-0.15, -0.1) is 0 Å². The van der Waals surface area contributed by atoms with Gasteiger partial charge in [-0.1, -0.05) is 12.1 Å². The Hall–Kier alpha value is -0.810. The summed E-state index contributed by atoms with van der Waals surface area (Å²) in [6, 6.07) is 10.1. The maximum absolute atomic E-state index is 8.41. The van der Waals surface area contributed by atoms with Crippen molar-refractivity contribution in [3.8, 4) is 6.07 Å². The molecule has 0 fully saturated rings. The smallest absolute Gasteiger partial charge is 0.101 e. The number of hydrogen-bond donors (Lipinski definition) is 0. The zero-order valence-electron chi connectivity index (χ0n) is 4.56. The quantitative estimate of drug-likeness (QED) is 0.601. The molecule has 0 amide bonds. The fraction of sp³-hybridized carbons (Fsp3) is 0. The molecule has 0 aliphatic heterocycles.